The molecule has 0 bridgehead atoms. The number of rotatable bonds is 2. The Balaban J connectivity index is 1.44. The van der Waals surface area contributed by atoms with Crippen molar-refractivity contribution in [2.75, 3.05) is 19.6 Å². The molecule has 0 saturated carbocycles. The lowest BCUT2D eigenvalue weighted by Gasteiger charge is -2.30. The normalized spacial score (nSPS) is 23.2. The van der Waals surface area contributed by atoms with E-state index in [2.05, 4.69) is 24.0 Å². The van der Waals surface area contributed by atoms with Gasteiger partial charge in [0.2, 0.25) is 5.91 Å². The van der Waals surface area contributed by atoms with E-state index in [9.17, 15) is 9.59 Å². The van der Waals surface area contributed by atoms with Crippen molar-refractivity contribution < 1.29 is 9.59 Å². The third-order valence-electron chi connectivity index (χ3n) is 6.78. The SMILES string of the molecule is CC(=O)N1C[C@H]2CN(C(=O)c3cn4c(C)cccc4n3)C[C@H]2[C@H]1c1ccccc1C. The van der Waals surface area contributed by atoms with Gasteiger partial charge in [0.1, 0.15) is 11.3 Å². The van der Waals surface area contributed by atoms with Gasteiger partial charge in [-0.15, -0.1) is 0 Å². The maximum atomic E-state index is 13.3. The summed E-state index contributed by atoms with van der Waals surface area (Å²) < 4.78 is 1.96. The van der Waals surface area contributed by atoms with Crippen LogP contribution in [0.1, 0.15) is 40.3 Å². The van der Waals surface area contributed by atoms with Gasteiger partial charge in [-0.05, 0) is 37.1 Å². The molecular formula is C24H26N4O2. The average Bonchev–Trinajstić information content (AvgIpc) is 3.41. The average molecular weight is 402 g/mol. The molecule has 3 aromatic rings. The first-order valence-electron chi connectivity index (χ1n) is 10.5. The summed E-state index contributed by atoms with van der Waals surface area (Å²) in [6.07, 6.45) is 1.84. The zero-order valence-electron chi connectivity index (χ0n) is 17.6. The number of carbonyl (C=O) groups is 2. The number of nitrogens with zero attached hydrogens (tertiary/aromatic N) is 4. The maximum Gasteiger partial charge on any atom is 0.274 e. The molecule has 30 heavy (non-hydrogen) atoms. The summed E-state index contributed by atoms with van der Waals surface area (Å²) in [5.74, 6) is 0.621. The van der Waals surface area contributed by atoms with Crippen molar-refractivity contribution in [2.45, 2.75) is 26.8 Å². The first kappa shape index (κ1) is 18.9. The molecule has 0 unspecified atom stereocenters. The lowest BCUT2D eigenvalue weighted by Crippen LogP contribution is -2.36. The fourth-order valence-corrected chi connectivity index (χ4v) is 5.27. The van der Waals surface area contributed by atoms with Gasteiger partial charge in [-0.3, -0.25) is 9.59 Å². The largest absolute Gasteiger partial charge is 0.337 e. The van der Waals surface area contributed by atoms with E-state index in [1.165, 1.54) is 11.1 Å². The van der Waals surface area contributed by atoms with Crippen LogP contribution in [-0.2, 0) is 4.79 Å². The van der Waals surface area contributed by atoms with Gasteiger partial charge in [-0.1, -0.05) is 30.3 Å². The Hall–Kier alpha value is -3.15. The minimum absolute atomic E-state index is 0.0228. The molecule has 2 fully saturated rings. The molecule has 1 aromatic carbocycles. The first-order valence-corrected chi connectivity index (χ1v) is 10.5. The van der Waals surface area contributed by atoms with Crippen molar-refractivity contribution >= 4 is 17.5 Å². The molecule has 2 aromatic heterocycles. The van der Waals surface area contributed by atoms with Crippen LogP contribution in [0, 0.1) is 25.7 Å². The summed E-state index contributed by atoms with van der Waals surface area (Å²) in [7, 11) is 0. The summed E-state index contributed by atoms with van der Waals surface area (Å²) in [4.78, 5) is 34.1. The van der Waals surface area contributed by atoms with E-state index < -0.39 is 0 Å². The molecule has 0 N–H and O–H groups in total. The van der Waals surface area contributed by atoms with Crippen molar-refractivity contribution in [3.63, 3.8) is 0 Å². The van der Waals surface area contributed by atoms with Crippen molar-refractivity contribution in [3.05, 3.63) is 71.2 Å². The molecule has 154 valence electrons. The topological polar surface area (TPSA) is 57.9 Å². The molecule has 0 radical (unpaired) electrons. The van der Waals surface area contributed by atoms with Crippen LogP contribution >= 0.6 is 0 Å². The number of imidazole rings is 1. The maximum absolute atomic E-state index is 13.3. The Morgan fingerprint density at radius 3 is 2.53 bits per heavy atom. The van der Waals surface area contributed by atoms with Crippen LogP contribution < -0.4 is 0 Å². The predicted molar refractivity (Wildman–Crippen MR) is 114 cm³/mol. The van der Waals surface area contributed by atoms with Crippen LogP contribution in [0.15, 0.2) is 48.7 Å². The summed E-state index contributed by atoms with van der Waals surface area (Å²) in [5, 5.41) is 0. The summed E-state index contributed by atoms with van der Waals surface area (Å²) >= 11 is 0. The van der Waals surface area contributed by atoms with Gasteiger partial charge in [0.15, 0.2) is 0 Å². The number of benzene rings is 1. The fraction of sp³-hybridized carbons (Fsp3) is 0.375. The number of likely N-dealkylation sites (tertiary alicyclic amines) is 2. The van der Waals surface area contributed by atoms with Crippen LogP contribution in [0.2, 0.25) is 0 Å². The Morgan fingerprint density at radius 1 is 1.00 bits per heavy atom. The van der Waals surface area contributed by atoms with Crippen LogP contribution in [0.3, 0.4) is 0 Å². The molecule has 6 heteroatoms. The molecule has 2 amide bonds. The van der Waals surface area contributed by atoms with Crippen LogP contribution in [-0.4, -0.2) is 50.6 Å². The Labute approximate surface area is 176 Å². The van der Waals surface area contributed by atoms with E-state index in [1.807, 2.05) is 57.7 Å². The number of pyridine rings is 1. The Kier molecular flexibility index (Phi) is 4.38. The number of carbonyl (C=O) groups excluding carboxylic acids is 2. The number of hydrogen-bond acceptors (Lipinski definition) is 3. The third-order valence-corrected chi connectivity index (χ3v) is 6.78. The van der Waals surface area contributed by atoms with E-state index in [4.69, 9.17) is 0 Å². The lowest BCUT2D eigenvalue weighted by atomic mass is 9.87. The van der Waals surface area contributed by atoms with Gasteiger partial charge in [-0.2, -0.15) is 0 Å². The molecule has 3 atom stereocenters. The molecule has 0 spiro atoms. The van der Waals surface area contributed by atoms with Gasteiger partial charge in [-0.25, -0.2) is 4.98 Å². The molecule has 6 nitrogen and oxygen atoms in total. The van der Waals surface area contributed by atoms with Crippen molar-refractivity contribution in [2.24, 2.45) is 11.8 Å². The first-order chi connectivity index (χ1) is 14.4. The Morgan fingerprint density at radius 2 is 1.80 bits per heavy atom. The van der Waals surface area contributed by atoms with Gasteiger partial charge < -0.3 is 14.2 Å². The van der Waals surface area contributed by atoms with Crippen LogP contribution in [0.25, 0.3) is 5.65 Å². The van der Waals surface area contributed by atoms with Crippen LogP contribution in [0.5, 0.6) is 0 Å². The van der Waals surface area contributed by atoms with E-state index in [0.29, 0.717) is 31.2 Å². The molecule has 2 aliphatic rings. The summed E-state index contributed by atoms with van der Waals surface area (Å²) in [6, 6.07) is 14.2. The van der Waals surface area contributed by atoms with Gasteiger partial charge in [0, 0.05) is 50.3 Å². The highest BCUT2D eigenvalue weighted by molar-refractivity contribution is 5.93. The van der Waals surface area contributed by atoms with E-state index in [0.717, 1.165) is 11.3 Å². The second kappa shape index (κ2) is 6.97. The van der Waals surface area contributed by atoms with Crippen molar-refractivity contribution in [1.29, 1.82) is 0 Å². The predicted octanol–water partition coefficient (Wildman–Crippen LogP) is 3.24. The van der Waals surface area contributed by atoms with Crippen LogP contribution in [0.4, 0.5) is 0 Å². The van der Waals surface area contributed by atoms with E-state index in [-0.39, 0.29) is 23.8 Å². The lowest BCUT2D eigenvalue weighted by molar-refractivity contribution is -0.130. The van der Waals surface area contributed by atoms with Crippen molar-refractivity contribution in [1.82, 2.24) is 19.2 Å². The highest BCUT2D eigenvalue weighted by Gasteiger charge is 2.49. The summed E-state index contributed by atoms with van der Waals surface area (Å²) in [6.45, 7) is 7.77. The number of aromatic nitrogens is 2. The second-order valence-corrected chi connectivity index (χ2v) is 8.63. The van der Waals surface area contributed by atoms with Gasteiger partial charge >= 0.3 is 0 Å². The van der Waals surface area contributed by atoms with E-state index >= 15 is 0 Å². The third kappa shape index (κ3) is 2.90. The number of fused-ring (bicyclic) bond motifs is 2. The number of amides is 2. The molecule has 5 rings (SSSR count). The summed E-state index contributed by atoms with van der Waals surface area (Å²) in [5.41, 5.74) is 4.71. The molecule has 2 saturated heterocycles. The Bertz CT molecular complexity index is 1150. The van der Waals surface area contributed by atoms with Gasteiger partial charge in [0.05, 0.1) is 6.04 Å². The smallest absolute Gasteiger partial charge is 0.274 e. The zero-order valence-corrected chi connectivity index (χ0v) is 17.6. The fourth-order valence-electron chi connectivity index (χ4n) is 5.27. The van der Waals surface area contributed by atoms with E-state index in [1.54, 1.807) is 6.92 Å². The number of hydrogen-bond donors (Lipinski definition) is 0. The molecule has 0 aliphatic carbocycles. The highest BCUT2D eigenvalue weighted by atomic mass is 16.2. The zero-order chi connectivity index (χ0) is 21.0. The number of aryl methyl sites for hydroxylation is 2. The van der Waals surface area contributed by atoms with Crippen molar-refractivity contribution in [3.8, 4) is 0 Å². The quantitative estimate of drug-likeness (QED) is 0.661. The standard InChI is InChI=1S/C24H26N4O2/c1-15-7-4-5-9-19(15)23-20-13-26(11-18(20)12-28(23)17(3)29)24(30)21-14-27-16(2)8-6-10-22(27)25-21/h4-10,14,18,20,23H,11-13H2,1-3H3/t18-,20-,23-/m1/s1. The highest BCUT2D eigenvalue weighted by Crippen LogP contribution is 2.46. The molecule has 4 heterocycles. The second-order valence-electron chi connectivity index (χ2n) is 8.63. The minimum Gasteiger partial charge on any atom is -0.337 e. The monoisotopic (exact) mass is 402 g/mol. The molecule has 2 aliphatic heterocycles. The minimum atomic E-state index is -0.0228. The van der Waals surface area contributed by atoms with Gasteiger partial charge in [0.25, 0.3) is 5.91 Å². The molecular weight excluding hydrogens is 376 g/mol.